The van der Waals surface area contributed by atoms with Crippen LogP contribution in [0.4, 0.5) is 0 Å². The summed E-state index contributed by atoms with van der Waals surface area (Å²) < 4.78 is 39.1. The molecule has 0 amide bonds. The number of aryl methyl sites for hydroxylation is 2. The molecule has 30 heavy (non-hydrogen) atoms. The zero-order chi connectivity index (χ0) is 21.5. The molecular weight excluding hydrogens is 407 g/mol. The van der Waals surface area contributed by atoms with Crippen molar-refractivity contribution >= 4 is 10.1 Å². The van der Waals surface area contributed by atoms with Crippen molar-refractivity contribution in [3.8, 4) is 5.75 Å². The quantitative estimate of drug-likeness (QED) is 0.208. The summed E-state index contributed by atoms with van der Waals surface area (Å²) in [6, 6.07) is 6.42. The molecule has 0 N–H and O–H groups in total. The summed E-state index contributed by atoms with van der Waals surface area (Å²) in [5.41, 5.74) is 2.57. The number of hydrogen-bond donors (Lipinski definition) is 0. The van der Waals surface area contributed by atoms with Gasteiger partial charge in [0, 0.05) is 5.25 Å². The molecule has 0 aliphatic heterocycles. The van der Waals surface area contributed by atoms with Crippen LogP contribution >= 0.6 is 0 Å². The van der Waals surface area contributed by atoms with Crippen molar-refractivity contribution < 1.29 is 47.3 Å². The van der Waals surface area contributed by atoms with Gasteiger partial charge in [0.1, 0.15) is 5.75 Å². The van der Waals surface area contributed by atoms with E-state index in [9.17, 15) is 13.0 Å². The molecule has 6 heteroatoms. The molecular formula is C24H41NaO4S. The van der Waals surface area contributed by atoms with E-state index in [1.807, 2.05) is 6.07 Å². The predicted molar refractivity (Wildman–Crippen MR) is 121 cm³/mol. The molecule has 4 nitrogen and oxygen atoms in total. The van der Waals surface area contributed by atoms with E-state index in [1.54, 1.807) is 0 Å². The van der Waals surface area contributed by atoms with E-state index in [0.717, 1.165) is 25.0 Å². The minimum atomic E-state index is -4.24. The normalized spacial score (nSPS) is 12.4. The predicted octanol–water partition coefficient (Wildman–Crippen LogP) is 3.42. The zero-order valence-electron chi connectivity index (χ0n) is 19.8. The minimum Gasteiger partial charge on any atom is -0.748 e. The summed E-state index contributed by atoms with van der Waals surface area (Å²) in [6.45, 7) is 6.15. The number of unbranched alkanes of at least 4 members (excludes halogenated alkanes) is 8. The second-order valence-corrected chi connectivity index (χ2v) is 10.0. The molecule has 0 aliphatic rings. The molecule has 1 atom stereocenters. The second kappa shape index (κ2) is 17.5. The number of rotatable bonds is 17. The fourth-order valence-electron chi connectivity index (χ4n) is 3.46. The molecule has 0 spiro atoms. The van der Waals surface area contributed by atoms with Gasteiger partial charge < -0.3 is 9.29 Å². The Labute approximate surface area is 207 Å². The Bertz CT molecular complexity index is 661. The van der Waals surface area contributed by atoms with Crippen molar-refractivity contribution in [2.75, 3.05) is 6.61 Å². The molecule has 0 aromatic heterocycles. The van der Waals surface area contributed by atoms with Crippen molar-refractivity contribution in [2.45, 2.75) is 109 Å². The van der Waals surface area contributed by atoms with Crippen molar-refractivity contribution in [1.29, 1.82) is 0 Å². The SMILES string of the molecule is CCCCCCCc1ccc(OCCC(C)S(=O)(=O)[O-])c(CCCCCCC)c1.[Na+]. The molecule has 0 aliphatic carbocycles. The number of hydrogen-bond acceptors (Lipinski definition) is 4. The molecule has 0 heterocycles. The largest absolute Gasteiger partial charge is 1.00 e. The van der Waals surface area contributed by atoms with Crippen molar-refractivity contribution in [1.82, 2.24) is 0 Å². The summed E-state index contributed by atoms with van der Waals surface area (Å²) in [7, 11) is -4.24. The summed E-state index contributed by atoms with van der Waals surface area (Å²) in [4.78, 5) is 0. The Morgan fingerprint density at radius 3 is 2.03 bits per heavy atom. The first-order chi connectivity index (χ1) is 13.9. The van der Waals surface area contributed by atoms with E-state index in [-0.39, 0.29) is 42.6 Å². The monoisotopic (exact) mass is 448 g/mol. The Morgan fingerprint density at radius 1 is 0.900 bits per heavy atom. The first-order valence-electron chi connectivity index (χ1n) is 11.6. The van der Waals surface area contributed by atoms with Gasteiger partial charge in [0.25, 0.3) is 0 Å². The maximum atomic E-state index is 11.1. The van der Waals surface area contributed by atoms with E-state index in [2.05, 4.69) is 26.0 Å². The molecule has 1 rings (SSSR count). The maximum Gasteiger partial charge on any atom is 1.00 e. The Morgan fingerprint density at radius 2 is 1.47 bits per heavy atom. The van der Waals surface area contributed by atoms with Crippen LogP contribution in [-0.2, 0) is 23.0 Å². The molecule has 1 unspecified atom stereocenters. The van der Waals surface area contributed by atoms with Crippen LogP contribution in [-0.4, -0.2) is 24.8 Å². The standard InChI is InChI=1S/C24H42O4S.Na/c1-4-6-8-10-12-14-22-16-17-24(28-19-18-21(3)29(25,26)27)23(20-22)15-13-11-9-7-5-2;/h16-17,20-21H,4-15,18-19H2,1-3H3,(H,25,26,27);/q;+1/p-1. The third-order valence-corrected chi connectivity index (χ3v) is 6.74. The van der Waals surface area contributed by atoms with Crippen LogP contribution in [0.2, 0.25) is 0 Å². The Hall–Kier alpha value is -0.0700. The van der Waals surface area contributed by atoms with Crippen LogP contribution in [0.5, 0.6) is 5.75 Å². The van der Waals surface area contributed by atoms with Gasteiger partial charge in [-0.15, -0.1) is 0 Å². The van der Waals surface area contributed by atoms with Gasteiger partial charge in [0.2, 0.25) is 0 Å². The molecule has 0 fully saturated rings. The van der Waals surface area contributed by atoms with E-state index in [1.165, 1.54) is 75.8 Å². The molecule has 0 bridgehead atoms. The van der Waals surface area contributed by atoms with Crippen molar-refractivity contribution in [3.05, 3.63) is 29.3 Å². The van der Waals surface area contributed by atoms with Gasteiger partial charge in [-0.1, -0.05) is 77.3 Å². The molecule has 1 aromatic rings. The van der Waals surface area contributed by atoms with Gasteiger partial charge in [0.15, 0.2) is 0 Å². The van der Waals surface area contributed by atoms with E-state index >= 15 is 0 Å². The maximum absolute atomic E-state index is 11.1. The first-order valence-corrected chi connectivity index (χ1v) is 13.0. The van der Waals surface area contributed by atoms with E-state index in [4.69, 9.17) is 4.74 Å². The van der Waals surface area contributed by atoms with E-state index < -0.39 is 15.4 Å². The van der Waals surface area contributed by atoms with Gasteiger partial charge in [-0.05, 0) is 56.2 Å². The molecule has 0 saturated carbocycles. The summed E-state index contributed by atoms with van der Waals surface area (Å²) in [5.74, 6) is 0.839. The third kappa shape index (κ3) is 13.4. The fourth-order valence-corrected chi connectivity index (χ4v) is 3.84. The Balaban J connectivity index is 0.00000841. The van der Waals surface area contributed by atoms with Gasteiger partial charge in [-0.3, -0.25) is 0 Å². The molecule has 1 aromatic carbocycles. The van der Waals surface area contributed by atoms with Crippen LogP contribution in [0.1, 0.15) is 103 Å². The number of benzene rings is 1. The molecule has 0 saturated heterocycles. The Kier molecular flexibility index (Phi) is 17.4. The van der Waals surface area contributed by atoms with Gasteiger partial charge in [-0.2, -0.15) is 0 Å². The third-order valence-electron chi connectivity index (χ3n) is 5.52. The average Bonchev–Trinajstić information content (AvgIpc) is 2.68. The second-order valence-electron chi connectivity index (χ2n) is 8.21. The van der Waals surface area contributed by atoms with Gasteiger partial charge in [-0.25, -0.2) is 8.42 Å². The van der Waals surface area contributed by atoms with Crippen LogP contribution in [0, 0.1) is 0 Å². The topological polar surface area (TPSA) is 66.4 Å². The van der Waals surface area contributed by atoms with Crippen LogP contribution in [0.25, 0.3) is 0 Å². The van der Waals surface area contributed by atoms with E-state index in [0.29, 0.717) is 0 Å². The summed E-state index contributed by atoms with van der Waals surface area (Å²) >= 11 is 0. The smallest absolute Gasteiger partial charge is 0.748 e. The van der Waals surface area contributed by atoms with Gasteiger partial charge >= 0.3 is 29.6 Å². The fraction of sp³-hybridized carbons (Fsp3) is 0.750. The van der Waals surface area contributed by atoms with Crippen LogP contribution in [0.3, 0.4) is 0 Å². The molecule has 168 valence electrons. The van der Waals surface area contributed by atoms with Crippen LogP contribution in [0.15, 0.2) is 18.2 Å². The van der Waals surface area contributed by atoms with Crippen molar-refractivity contribution in [3.63, 3.8) is 0 Å². The minimum absolute atomic E-state index is 0. The van der Waals surface area contributed by atoms with Crippen molar-refractivity contribution in [2.24, 2.45) is 0 Å². The van der Waals surface area contributed by atoms with Gasteiger partial charge in [0.05, 0.1) is 16.7 Å². The number of ether oxygens (including phenoxy) is 1. The summed E-state index contributed by atoms with van der Waals surface area (Å²) in [5, 5.41) is -0.914. The molecule has 0 radical (unpaired) electrons. The van der Waals surface area contributed by atoms with Crippen LogP contribution < -0.4 is 34.3 Å². The zero-order valence-corrected chi connectivity index (χ0v) is 22.6. The summed E-state index contributed by atoms with van der Waals surface area (Å²) in [6.07, 6.45) is 14.8. The first kappa shape index (κ1) is 29.9. The average molecular weight is 449 g/mol.